The van der Waals surface area contributed by atoms with Crippen LogP contribution in [0.25, 0.3) is 22.3 Å². The maximum Gasteiger partial charge on any atom is 0.508 e. The van der Waals surface area contributed by atoms with Gasteiger partial charge in [0.2, 0.25) is 6.29 Å². The summed E-state index contributed by atoms with van der Waals surface area (Å²) in [5.74, 6) is -0.205. The van der Waals surface area contributed by atoms with Crippen molar-refractivity contribution in [3.8, 4) is 17.3 Å². The van der Waals surface area contributed by atoms with Gasteiger partial charge in [0.15, 0.2) is 6.29 Å². The largest absolute Gasteiger partial charge is 0.508 e. The van der Waals surface area contributed by atoms with Crippen molar-refractivity contribution in [2.24, 2.45) is 5.92 Å². The first-order valence-corrected chi connectivity index (χ1v) is 11.8. The zero-order chi connectivity index (χ0) is 26.1. The number of fused-ring (bicyclic) bond motifs is 1. The van der Waals surface area contributed by atoms with E-state index in [-0.39, 0.29) is 18.4 Å². The second-order valence-electron chi connectivity index (χ2n) is 9.10. The smallest absolute Gasteiger partial charge is 0.450 e. The Morgan fingerprint density at radius 1 is 1.24 bits per heavy atom. The minimum atomic E-state index is -1.78. The molecule has 8 atom stereocenters. The van der Waals surface area contributed by atoms with Gasteiger partial charge in [-0.1, -0.05) is 6.42 Å². The lowest BCUT2D eigenvalue weighted by molar-refractivity contribution is -0.349. The summed E-state index contributed by atoms with van der Waals surface area (Å²) in [4.78, 5) is 22.6. The number of carbonyl (C=O) groups is 1. The summed E-state index contributed by atoms with van der Waals surface area (Å²) < 4.78 is 17.6. The molecule has 1 saturated carbocycles. The van der Waals surface area contributed by atoms with Crippen molar-refractivity contribution in [1.82, 2.24) is 24.7 Å². The van der Waals surface area contributed by atoms with E-state index in [1.807, 2.05) is 12.3 Å². The highest BCUT2D eigenvalue weighted by Crippen LogP contribution is 2.40. The van der Waals surface area contributed by atoms with E-state index in [0.717, 1.165) is 17.4 Å². The molecule has 0 aromatic carbocycles. The van der Waals surface area contributed by atoms with Crippen LogP contribution in [0.2, 0.25) is 0 Å². The number of aliphatic hydroxyl groups excluding tert-OH is 3. The highest BCUT2D eigenvalue weighted by molar-refractivity contribution is 5.89. The van der Waals surface area contributed by atoms with Crippen molar-refractivity contribution in [1.29, 1.82) is 5.26 Å². The van der Waals surface area contributed by atoms with Crippen molar-refractivity contribution in [2.75, 3.05) is 0 Å². The lowest BCUT2D eigenvalue weighted by Crippen LogP contribution is -2.59. The molecule has 1 saturated heterocycles. The molecule has 14 heteroatoms. The number of nitrogens with one attached hydrogen (secondary N) is 1. The molecule has 0 spiro atoms. The predicted octanol–water partition coefficient (Wildman–Crippen LogP) is 0.921. The van der Waals surface area contributed by atoms with Gasteiger partial charge in [-0.05, 0) is 18.9 Å². The number of nitrogens with zero attached hydrogens (tertiary/aromatic N) is 5. The van der Waals surface area contributed by atoms with Gasteiger partial charge in [0.1, 0.15) is 30.3 Å². The van der Waals surface area contributed by atoms with Gasteiger partial charge in [0.25, 0.3) is 0 Å². The van der Waals surface area contributed by atoms with E-state index < -0.39 is 43.2 Å². The zero-order valence-corrected chi connectivity index (χ0v) is 19.5. The summed E-state index contributed by atoms with van der Waals surface area (Å²) in [6.45, 7) is 0. The second kappa shape index (κ2) is 10.4. The van der Waals surface area contributed by atoms with E-state index >= 15 is 0 Å². The monoisotopic (exact) mass is 514 g/mol. The average molecular weight is 514 g/mol. The number of ether oxygens (including phenoxy) is 3. The lowest BCUT2D eigenvalue weighted by atomic mass is 9.93. The van der Waals surface area contributed by atoms with E-state index in [1.165, 1.54) is 6.33 Å². The summed E-state index contributed by atoms with van der Waals surface area (Å²) >= 11 is 0. The molecule has 4 heterocycles. The number of aromatic amines is 1. The Morgan fingerprint density at radius 2 is 2.05 bits per heavy atom. The summed E-state index contributed by atoms with van der Waals surface area (Å²) in [5, 5.41) is 54.4. The number of rotatable bonds is 7. The third kappa shape index (κ3) is 4.87. The summed E-state index contributed by atoms with van der Waals surface area (Å²) in [6, 6.07) is 3.70. The summed E-state index contributed by atoms with van der Waals surface area (Å²) in [7, 11) is 0. The molecule has 0 bridgehead atoms. The minimum Gasteiger partial charge on any atom is -0.450 e. The van der Waals surface area contributed by atoms with Gasteiger partial charge in [-0.25, -0.2) is 14.8 Å². The van der Waals surface area contributed by atoms with E-state index in [9.17, 15) is 25.4 Å². The molecule has 2 aliphatic rings. The molecule has 1 aliphatic carbocycles. The predicted molar refractivity (Wildman–Crippen MR) is 122 cm³/mol. The Morgan fingerprint density at radius 3 is 2.84 bits per heavy atom. The van der Waals surface area contributed by atoms with Gasteiger partial charge in [0, 0.05) is 29.3 Å². The van der Waals surface area contributed by atoms with E-state index in [4.69, 9.17) is 14.6 Å². The van der Waals surface area contributed by atoms with Crippen LogP contribution in [-0.2, 0) is 14.2 Å². The van der Waals surface area contributed by atoms with Crippen molar-refractivity contribution >= 4 is 17.2 Å². The molecule has 2 fully saturated rings. The molecule has 14 nitrogen and oxygen atoms in total. The number of hydrogen-bond acceptors (Lipinski definition) is 11. The van der Waals surface area contributed by atoms with Gasteiger partial charge in [-0.3, -0.25) is 4.68 Å². The number of carboxylic acid groups (broad SMARTS) is 1. The fourth-order valence-corrected chi connectivity index (χ4v) is 5.14. The molecule has 8 unspecified atom stereocenters. The quantitative estimate of drug-likeness (QED) is 0.279. The highest BCUT2D eigenvalue weighted by Gasteiger charge is 2.48. The van der Waals surface area contributed by atoms with Crippen LogP contribution in [0, 0.1) is 17.2 Å². The first kappa shape index (κ1) is 25.1. The normalized spacial score (nSPS) is 30.7. The molecule has 196 valence electrons. The molecule has 5 rings (SSSR count). The number of H-pyrrole nitrogens is 1. The average Bonchev–Trinajstić information content (AvgIpc) is 3.64. The van der Waals surface area contributed by atoms with Crippen LogP contribution in [-0.4, -0.2) is 88.3 Å². The SMILES string of the molecule is N#CCC(C1CCCC1OC1OC(OC(=O)O)C(O)C(O)C1O)n1cc(-c2ncnc3[nH]ccc23)cn1. The Balaban J connectivity index is 1.36. The minimum absolute atomic E-state index is 0.134. The zero-order valence-electron chi connectivity index (χ0n) is 19.5. The van der Waals surface area contributed by atoms with Crippen LogP contribution in [0.15, 0.2) is 31.0 Å². The van der Waals surface area contributed by atoms with E-state index in [0.29, 0.717) is 24.2 Å². The molecular weight excluding hydrogens is 488 g/mol. The van der Waals surface area contributed by atoms with Crippen LogP contribution in [0.3, 0.4) is 0 Å². The third-order valence-corrected chi connectivity index (χ3v) is 6.92. The number of aromatic nitrogens is 5. The first-order valence-electron chi connectivity index (χ1n) is 11.8. The number of nitriles is 1. The summed E-state index contributed by atoms with van der Waals surface area (Å²) in [6.07, 6.45) is -1.68. The molecule has 3 aromatic heterocycles. The molecule has 3 aromatic rings. The Hall–Kier alpha value is -3.61. The van der Waals surface area contributed by atoms with Crippen molar-refractivity contribution < 1.29 is 39.4 Å². The van der Waals surface area contributed by atoms with Crippen LogP contribution in [0.1, 0.15) is 31.7 Å². The Labute approximate surface area is 210 Å². The maximum absolute atomic E-state index is 10.9. The second-order valence-corrected chi connectivity index (χ2v) is 9.10. The molecule has 5 N–H and O–H groups in total. The molecule has 0 radical (unpaired) electrons. The number of aliphatic hydroxyl groups is 3. The molecule has 37 heavy (non-hydrogen) atoms. The Kier molecular flexibility index (Phi) is 7.04. The molecule has 0 amide bonds. The number of hydrogen-bond donors (Lipinski definition) is 5. The van der Waals surface area contributed by atoms with Gasteiger partial charge in [-0.2, -0.15) is 10.4 Å². The van der Waals surface area contributed by atoms with Crippen molar-refractivity contribution in [2.45, 2.75) is 68.7 Å². The standard InChI is InChI=1S/C23H26N6O8/c24-6-4-14(29-9-11(8-28-29)16-13-5-7-25-20(13)27-10-26-16)12-2-1-3-15(12)35-21-18(31)17(30)19(32)22(36-21)37-23(33)34/h5,7-10,12,14-15,17-19,21-22,30-32H,1-4H2,(H,33,34)(H,25,26,27). The van der Waals surface area contributed by atoms with Crippen molar-refractivity contribution in [3.05, 3.63) is 31.0 Å². The maximum atomic E-state index is 10.9. The van der Waals surface area contributed by atoms with Crippen LogP contribution in [0.4, 0.5) is 4.79 Å². The van der Waals surface area contributed by atoms with Gasteiger partial charge >= 0.3 is 6.16 Å². The van der Waals surface area contributed by atoms with Crippen LogP contribution >= 0.6 is 0 Å². The summed E-state index contributed by atoms with van der Waals surface area (Å²) in [5.41, 5.74) is 2.14. The van der Waals surface area contributed by atoms with Gasteiger partial charge in [0.05, 0.1) is 36.5 Å². The fraction of sp³-hybridized carbons (Fsp3) is 0.522. The Bertz CT molecular complexity index is 1290. The van der Waals surface area contributed by atoms with E-state index in [1.54, 1.807) is 17.1 Å². The topological polar surface area (TPSA) is 209 Å². The van der Waals surface area contributed by atoms with Crippen molar-refractivity contribution in [3.63, 3.8) is 0 Å². The van der Waals surface area contributed by atoms with E-state index in [2.05, 4.69) is 30.9 Å². The van der Waals surface area contributed by atoms with Gasteiger partial charge in [-0.15, -0.1) is 0 Å². The van der Waals surface area contributed by atoms with Crippen LogP contribution in [0.5, 0.6) is 0 Å². The molecular formula is C23H26N6O8. The lowest BCUT2D eigenvalue weighted by Gasteiger charge is -2.41. The third-order valence-electron chi connectivity index (χ3n) is 6.92. The van der Waals surface area contributed by atoms with Crippen LogP contribution < -0.4 is 0 Å². The highest BCUT2D eigenvalue weighted by atomic mass is 16.8. The van der Waals surface area contributed by atoms with Gasteiger partial charge < -0.3 is 39.6 Å². The fourth-order valence-electron chi connectivity index (χ4n) is 5.14. The first-order chi connectivity index (χ1) is 17.9. The molecule has 1 aliphatic heterocycles.